The van der Waals surface area contributed by atoms with E-state index in [9.17, 15) is 24.3 Å². The Balaban J connectivity index is 3.36. The van der Waals surface area contributed by atoms with Crippen molar-refractivity contribution in [1.82, 2.24) is 15.5 Å². The molecule has 2 atom stereocenters. The van der Waals surface area contributed by atoms with Crippen LogP contribution in [0.4, 0.5) is 4.79 Å². The van der Waals surface area contributed by atoms with Gasteiger partial charge in [0.25, 0.3) is 0 Å². The SMILES string of the molecule is CCCCCNC(=O)C(c1cccc(C)c1)N(CCO)C(=O)C(CCC(N)=O)NC(=O)OC(C)(C)C. The molecule has 0 heterocycles. The number of benzene rings is 1. The highest BCUT2D eigenvalue weighted by Gasteiger charge is 2.36. The number of hydrogen-bond acceptors (Lipinski definition) is 6. The summed E-state index contributed by atoms with van der Waals surface area (Å²) >= 11 is 0. The van der Waals surface area contributed by atoms with Gasteiger partial charge in [-0.05, 0) is 46.1 Å². The number of rotatable bonds is 14. The molecule has 0 saturated carbocycles. The lowest BCUT2D eigenvalue weighted by Gasteiger charge is -2.34. The molecule has 10 nitrogen and oxygen atoms in total. The molecule has 1 aromatic carbocycles. The summed E-state index contributed by atoms with van der Waals surface area (Å²) in [6.45, 7) is 8.84. The number of nitrogens with zero attached hydrogens (tertiary/aromatic N) is 1. The molecule has 0 saturated heterocycles. The van der Waals surface area contributed by atoms with Crippen LogP contribution in [-0.2, 0) is 19.1 Å². The highest BCUT2D eigenvalue weighted by Crippen LogP contribution is 2.24. The Morgan fingerprint density at radius 2 is 1.86 bits per heavy atom. The van der Waals surface area contributed by atoms with E-state index in [1.165, 1.54) is 4.90 Å². The molecule has 4 amide bonds. The Bertz CT molecular complexity index is 883. The summed E-state index contributed by atoms with van der Waals surface area (Å²) in [5, 5.41) is 15.2. The van der Waals surface area contributed by atoms with E-state index in [0.29, 0.717) is 12.1 Å². The Morgan fingerprint density at radius 3 is 2.42 bits per heavy atom. The number of nitrogens with two attached hydrogens (primary N) is 1. The molecule has 1 aromatic rings. The number of nitrogens with one attached hydrogen (secondary N) is 2. The third-order valence-electron chi connectivity index (χ3n) is 5.29. The number of carbonyl (C=O) groups is 4. The molecule has 5 N–H and O–H groups in total. The minimum atomic E-state index is -1.20. The molecule has 0 bridgehead atoms. The maximum absolute atomic E-state index is 13.7. The molecule has 0 spiro atoms. The lowest BCUT2D eigenvalue weighted by Crippen LogP contribution is -2.54. The van der Waals surface area contributed by atoms with Gasteiger partial charge in [-0.3, -0.25) is 14.4 Å². The molecule has 10 heteroatoms. The van der Waals surface area contributed by atoms with Crippen LogP contribution < -0.4 is 16.4 Å². The van der Waals surface area contributed by atoms with Gasteiger partial charge in [-0.2, -0.15) is 0 Å². The average molecular weight is 507 g/mol. The molecule has 202 valence electrons. The van der Waals surface area contributed by atoms with E-state index in [-0.39, 0.29) is 19.4 Å². The quantitative estimate of drug-likeness (QED) is 0.284. The lowest BCUT2D eigenvalue weighted by molar-refractivity contribution is -0.143. The summed E-state index contributed by atoms with van der Waals surface area (Å²) in [4.78, 5) is 52.3. The number of aliphatic hydroxyl groups is 1. The highest BCUT2D eigenvalue weighted by molar-refractivity contribution is 5.92. The first-order valence-corrected chi connectivity index (χ1v) is 12.4. The van der Waals surface area contributed by atoms with Crippen molar-refractivity contribution in [2.45, 2.75) is 84.4 Å². The first-order chi connectivity index (χ1) is 16.9. The summed E-state index contributed by atoms with van der Waals surface area (Å²) in [7, 11) is 0. The number of primary amides is 1. The Hall–Kier alpha value is -3.14. The fraction of sp³-hybridized carbons (Fsp3) is 0.615. The number of hydrogen-bond donors (Lipinski definition) is 4. The maximum atomic E-state index is 13.7. The third-order valence-corrected chi connectivity index (χ3v) is 5.29. The monoisotopic (exact) mass is 506 g/mol. The largest absolute Gasteiger partial charge is 0.444 e. The molecular weight excluding hydrogens is 464 g/mol. The minimum Gasteiger partial charge on any atom is -0.444 e. The predicted molar refractivity (Wildman–Crippen MR) is 137 cm³/mol. The summed E-state index contributed by atoms with van der Waals surface area (Å²) in [6.07, 6.45) is 1.63. The van der Waals surface area contributed by atoms with E-state index in [2.05, 4.69) is 17.6 Å². The van der Waals surface area contributed by atoms with E-state index in [4.69, 9.17) is 10.5 Å². The van der Waals surface area contributed by atoms with Gasteiger partial charge in [-0.1, -0.05) is 49.6 Å². The first kappa shape index (κ1) is 30.9. The molecule has 0 aliphatic carbocycles. The van der Waals surface area contributed by atoms with Crippen LogP contribution in [0.1, 0.15) is 77.0 Å². The number of amides is 4. The predicted octanol–water partition coefficient (Wildman–Crippen LogP) is 2.32. The second-order valence-electron chi connectivity index (χ2n) is 9.77. The molecular formula is C26H42N4O6. The number of unbranched alkanes of at least 4 members (excludes halogenated alkanes) is 2. The Kier molecular flexibility index (Phi) is 12.9. The molecule has 0 aromatic heterocycles. The standard InChI is InChI=1S/C26H42N4O6/c1-6-7-8-14-28-23(33)22(19-11-9-10-18(2)17-19)30(15-16-31)24(34)20(12-13-21(27)32)29-25(35)36-26(3,4)5/h9-11,17,20,22,31H,6-8,12-16H2,1-5H3,(H2,27,32)(H,28,33)(H,29,35). The molecule has 2 unspecified atom stereocenters. The van der Waals surface area contributed by atoms with Crippen molar-refractivity contribution >= 4 is 23.8 Å². The van der Waals surface area contributed by atoms with Gasteiger partial charge in [0.15, 0.2) is 0 Å². The number of ether oxygens (including phenoxy) is 1. The van der Waals surface area contributed by atoms with Crippen molar-refractivity contribution in [3.8, 4) is 0 Å². The number of alkyl carbamates (subject to hydrolysis) is 1. The summed E-state index contributed by atoms with van der Waals surface area (Å²) in [5.41, 5.74) is 5.94. The van der Waals surface area contributed by atoms with Crippen molar-refractivity contribution in [2.75, 3.05) is 19.7 Å². The second kappa shape index (κ2) is 15.1. The zero-order valence-corrected chi connectivity index (χ0v) is 22.1. The van der Waals surface area contributed by atoms with Crippen LogP contribution >= 0.6 is 0 Å². The van der Waals surface area contributed by atoms with E-state index in [0.717, 1.165) is 24.8 Å². The Labute approximate surface area is 213 Å². The van der Waals surface area contributed by atoms with Gasteiger partial charge < -0.3 is 31.1 Å². The van der Waals surface area contributed by atoms with Crippen molar-refractivity contribution < 1.29 is 29.0 Å². The fourth-order valence-electron chi connectivity index (χ4n) is 3.66. The van der Waals surface area contributed by atoms with Crippen molar-refractivity contribution in [2.24, 2.45) is 5.73 Å². The zero-order valence-electron chi connectivity index (χ0n) is 22.1. The van der Waals surface area contributed by atoms with Gasteiger partial charge in [0.1, 0.15) is 17.7 Å². The van der Waals surface area contributed by atoms with E-state index < -0.39 is 48.1 Å². The molecule has 0 aliphatic rings. The second-order valence-corrected chi connectivity index (χ2v) is 9.77. The van der Waals surface area contributed by atoms with Crippen LogP contribution in [0.25, 0.3) is 0 Å². The van der Waals surface area contributed by atoms with Crippen molar-refractivity contribution in [1.29, 1.82) is 0 Å². The fourth-order valence-corrected chi connectivity index (χ4v) is 3.66. The molecule has 1 rings (SSSR count). The Morgan fingerprint density at radius 1 is 1.17 bits per heavy atom. The topological polar surface area (TPSA) is 151 Å². The average Bonchev–Trinajstić information content (AvgIpc) is 2.77. The number of carbonyl (C=O) groups excluding carboxylic acids is 4. The van der Waals surface area contributed by atoms with Gasteiger partial charge in [0, 0.05) is 19.5 Å². The van der Waals surface area contributed by atoms with E-state index in [1.807, 2.05) is 13.0 Å². The first-order valence-electron chi connectivity index (χ1n) is 12.4. The van der Waals surface area contributed by atoms with Gasteiger partial charge >= 0.3 is 6.09 Å². The van der Waals surface area contributed by atoms with Gasteiger partial charge in [0.2, 0.25) is 17.7 Å². The van der Waals surface area contributed by atoms with Crippen LogP contribution in [0, 0.1) is 6.92 Å². The lowest BCUT2D eigenvalue weighted by atomic mass is 10.00. The number of aliphatic hydroxyl groups excluding tert-OH is 1. The third kappa shape index (κ3) is 11.1. The zero-order chi connectivity index (χ0) is 27.3. The highest BCUT2D eigenvalue weighted by atomic mass is 16.6. The van der Waals surface area contributed by atoms with Crippen LogP contribution in [0.5, 0.6) is 0 Å². The van der Waals surface area contributed by atoms with Crippen LogP contribution in [0.2, 0.25) is 0 Å². The van der Waals surface area contributed by atoms with Crippen molar-refractivity contribution in [3.63, 3.8) is 0 Å². The summed E-state index contributed by atoms with van der Waals surface area (Å²) in [5.74, 6) is -1.67. The normalized spacial score (nSPS) is 12.8. The smallest absolute Gasteiger partial charge is 0.408 e. The van der Waals surface area contributed by atoms with Gasteiger partial charge in [0.05, 0.1) is 6.61 Å². The van der Waals surface area contributed by atoms with E-state index >= 15 is 0 Å². The number of aryl methyl sites for hydroxylation is 1. The van der Waals surface area contributed by atoms with Crippen LogP contribution in [0.15, 0.2) is 24.3 Å². The minimum absolute atomic E-state index is 0.0893. The van der Waals surface area contributed by atoms with Crippen LogP contribution in [0.3, 0.4) is 0 Å². The van der Waals surface area contributed by atoms with Crippen LogP contribution in [-0.4, -0.2) is 65.2 Å². The van der Waals surface area contributed by atoms with Crippen molar-refractivity contribution in [3.05, 3.63) is 35.4 Å². The van der Waals surface area contributed by atoms with Gasteiger partial charge in [-0.15, -0.1) is 0 Å². The summed E-state index contributed by atoms with van der Waals surface area (Å²) < 4.78 is 5.28. The molecule has 0 aliphatic heterocycles. The van der Waals surface area contributed by atoms with E-state index in [1.54, 1.807) is 39.0 Å². The molecule has 0 fully saturated rings. The molecule has 0 radical (unpaired) electrons. The summed E-state index contributed by atoms with van der Waals surface area (Å²) in [6, 6.07) is 4.95. The molecule has 36 heavy (non-hydrogen) atoms. The maximum Gasteiger partial charge on any atom is 0.408 e. The van der Waals surface area contributed by atoms with Gasteiger partial charge in [-0.25, -0.2) is 4.79 Å².